The minimum atomic E-state index is -1.59. The zero-order valence-electron chi connectivity index (χ0n) is 4.00. The highest BCUT2D eigenvalue weighted by Crippen LogP contribution is 1.72. The van der Waals surface area contributed by atoms with Crippen molar-refractivity contribution >= 4 is 6.16 Å². The molecule has 0 bridgehead atoms. The smallest absolute Gasteiger partial charge is 0.450 e. The summed E-state index contributed by atoms with van der Waals surface area (Å²) in [5.74, 6) is 0. The van der Waals surface area contributed by atoms with E-state index < -0.39 is 13.0 Å². The van der Waals surface area contributed by atoms with E-state index >= 15 is 0 Å². The predicted octanol–water partition coefficient (Wildman–Crippen LogP) is 0.857. The first-order valence-corrected chi connectivity index (χ1v) is 1.52. The van der Waals surface area contributed by atoms with Gasteiger partial charge in [-0.05, 0) is 0 Å². The van der Waals surface area contributed by atoms with Crippen molar-refractivity contribution in [2.24, 2.45) is 0 Å². The van der Waals surface area contributed by atoms with Crippen LogP contribution in [0.5, 0.6) is 0 Å². The molecule has 0 aliphatic carbocycles. The summed E-state index contributed by atoms with van der Waals surface area (Å²) < 4.78 is 13.9. The zero-order chi connectivity index (χ0) is 6.99. The van der Waals surface area contributed by atoms with Gasteiger partial charge in [0.2, 0.25) is 6.86 Å². The van der Waals surface area contributed by atoms with E-state index in [4.69, 9.17) is 9.90 Å². The molecule has 0 aromatic rings. The fraction of sp³-hybridized carbons (Fsp3) is 0.250. The van der Waals surface area contributed by atoms with Crippen LogP contribution < -0.4 is 0 Å². The van der Waals surface area contributed by atoms with Crippen LogP contribution in [0.1, 0.15) is 0 Å². The molecular formula is C4H5FO3. The van der Waals surface area contributed by atoms with Gasteiger partial charge in [0.1, 0.15) is 0 Å². The van der Waals surface area contributed by atoms with Gasteiger partial charge in [-0.2, -0.15) is 0 Å². The summed E-state index contributed by atoms with van der Waals surface area (Å²) in [7, 11) is 0. The van der Waals surface area contributed by atoms with Gasteiger partial charge in [0.15, 0.2) is 0 Å². The van der Waals surface area contributed by atoms with Crippen LogP contribution >= 0.6 is 0 Å². The Hall–Kier alpha value is -1.24. The molecule has 0 saturated heterocycles. The van der Waals surface area contributed by atoms with Crippen LogP contribution in [0.25, 0.3) is 0 Å². The monoisotopic (exact) mass is 120 g/mol. The van der Waals surface area contributed by atoms with E-state index in [2.05, 4.69) is 17.6 Å². The molecule has 0 aliphatic rings. The van der Waals surface area contributed by atoms with Crippen LogP contribution in [0.2, 0.25) is 0 Å². The summed E-state index contributed by atoms with van der Waals surface area (Å²) in [4.78, 5) is 9.14. The molecule has 0 saturated carbocycles. The van der Waals surface area contributed by atoms with Crippen molar-refractivity contribution in [1.82, 2.24) is 0 Å². The molecule has 0 heterocycles. The highest BCUT2D eigenvalue weighted by Gasteiger charge is 1.88. The van der Waals surface area contributed by atoms with Crippen molar-refractivity contribution in [2.45, 2.75) is 0 Å². The van der Waals surface area contributed by atoms with Gasteiger partial charge in [-0.3, -0.25) is 0 Å². The summed E-state index contributed by atoms with van der Waals surface area (Å²) in [5, 5.41) is 7.45. The quantitative estimate of drug-likeness (QED) is 0.412. The molecule has 0 atom stereocenters. The third-order valence-electron chi connectivity index (χ3n) is 0.178. The van der Waals surface area contributed by atoms with Crippen molar-refractivity contribution in [3.05, 3.63) is 0 Å². The first kappa shape index (κ1) is 9.90. The van der Waals surface area contributed by atoms with E-state index in [0.29, 0.717) is 0 Å². The number of hydrogen-bond acceptors (Lipinski definition) is 2. The highest BCUT2D eigenvalue weighted by atomic mass is 19.1. The minimum Gasteiger partial charge on any atom is -0.450 e. The normalized spacial score (nSPS) is 5.88. The third kappa shape index (κ3) is 21.7. The maximum atomic E-state index is 10.6. The maximum absolute atomic E-state index is 10.6. The van der Waals surface area contributed by atoms with Crippen molar-refractivity contribution in [3.63, 3.8) is 0 Å². The van der Waals surface area contributed by atoms with E-state index in [9.17, 15) is 4.39 Å². The zero-order valence-corrected chi connectivity index (χ0v) is 4.00. The Balaban J connectivity index is 0. The second-order valence-electron chi connectivity index (χ2n) is 0.519. The predicted molar refractivity (Wildman–Crippen MR) is 25.0 cm³/mol. The summed E-state index contributed by atoms with van der Waals surface area (Å²) in [6, 6.07) is 0. The number of rotatable bonds is 1. The number of carbonyl (C=O) groups is 1. The van der Waals surface area contributed by atoms with Crippen LogP contribution in [0.15, 0.2) is 0 Å². The van der Waals surface area contributed by atoms with Crippen LogP contribution in [0.4, 0.5) is 9.18 Å². The van der Waals surface area contributed by atoms with Crippen LogP contribution in [0, 0.1) is 12.8 Å². The minimum absolute atomic E-state index is 1.27. The number of terminal acetylenes is 1. The van der Waals surface area contributed by atoms with Gasteiger partial charge in [-0.25, -0.2) is 9.18 Å². The lowest BCUT2D eigenvalue weighted by molar-refractivity contribution is 0.0547. The third-order valence-corrected chi connectivity index (χ3v) is 0.178. The molecule has 46 valence electrons. The Morgan fingerprint density at radius 1 is 1.75 bits per heavy atom. The van der Waals surface area contributed by atoms with Gasteiger partial charge in [-0.15, -0.1) is 12.8 Å². The van der Waals surface area contributed by atoms with E-state index in [1.165, 1.54) is 0 Å². The van der Waals surface area contributed by atoms with E-state index in [0.717, 1.165) is 0 Å². The van der Waals surface area contributed by atoms with E-state index in [-0.39, 0.29) is 0 Å². The standard InChI is InChI=1S/C2H3FO3.C2H2/c3-1-6-2(4)5;1-2/h1H2,(H,4,5);1-2H. The van der Waals surface area contributed by atoms with Gasteiger partial charge in [0.25, 0.3) is 0 Å². The molecule has 0 amide bonds. The molecule has 0 aromatic carbocycles. The van der Waals surface area contributed by atoms with Gasteiger partial charge < -0.3 is 9.84 Å². The van der Waals surface area contributed by atoms with Crippen molar-refractivity contribution in [1.29, 1.82) is 0 Å². The highest BCUT2D eigenvalue weighted by molar-refractivity contribution is 5.56. The molecule has 8 heavy (non-hydrogen) atoms. The fourth-order valence-corrected chi connectivity index (χ4v) is 0.0467. The Labute approximate surface area is 46.1 Å². The molecule has 1 N–H and O–H groups in total. The summed E-state index contributed by atoms with van der Waals surface area (Å²) in [5.41, 5.74) is 0. The number of carboxylic acid groups (broad SMARTS) is 1. The molecule has 0 rings (SSSR count). The van der Waals surface area contributed by atoms with Crippen LogP contribution in [-0.2, 0) is 4.74 Å². The lowest BCUT2D eigenvalue weighted by Gasteiger charge is -1.84. The number of hydrogen-bond donors (Lipinski definition) is 1. The first-order valence-electron chi connectivity index (χ1n) is 1.52. The molecule has 0 radical (unpaired) electrons. The summed E-state index contributed by atoms with van der Waals surface area (Å²) in [6.45, 7) is -1.27. The van der Waals surface area contributed by atoms with Crippen LogP contribution in [0.3, 0.4) is 0 Å². The average Bonchev–Trinajstić information content (AvgIpc) is 1.72. The second-order valence-corrected chi connectivity index (χ2v) is 0.519. The lowest BCUT2D eigenvalue weighted by Crippen LogP contribution is -1.96. The molecule has 3 nitrogen and oxygen atoms in total. The molecule has 0 spiro atoms. The van der Waals surface area contributed by atoms with Crippen molar-refractivity contribution in [3.8, 4) is 12.8 Å². The SMILES string of the molecule is C#C.O=C(O)OCF. The Kier molecular flexibility index (Phi) is 11.4. The largest absolute Gasteiger partial charge is 0.508 e. The van der Waals surface area contributed by atoms with Crippen molar-refractivity contribution < 1.29 is 19.0 Å². The topological polar surface area (TPSA) is 46.5 Å². The lowest BCUT2D eigenvalue weighted by atomic mass is 11.3. The molecule has 4 heteroatoms. The average molecular weight is 120 g/mol. The first-order chi connectivity index (χ1) is 3.77. The Bertz CT molecular complexity index is 78.6. The van der Waals surface area contributed by atoms with Gasteiger partial charge in [0.05, 0.1) is 0 Å². The molecule has 0 unspecified atom stereocenters. The van der Waals surface area contributed by atoms with Crippen LogP contribution in [-0.4, -0.2) is 18.1 Å². The van der Waals surface area contributed by atoms with Gasteiger partial charge in [0, 0.05) is 0 Å². The van der Waals surface area contributed by atoms with Gasteiger partial charge >= 0.3 is 6.16 Å². The summed E-state index contributed by atoms with van der Waals surface area (Å²) in [6.07, 6.45) is 6.41. The summed E-state index contributed by atoms with van der Waals surface area (Å²) >= 11 is 0. The molecule has 0 aromatic heterocycles. The van der Waals surface area contributed by atoms with Gasteiger partial charge in [-0.1, -0.05) is 0 Å². The maximum Gasteiger partial charge on any atom is 0.508 e. The second kappa shape index (κ2) is 9.23. The number of halogens is 1. The molecular weight excluding hydrogens is 115 g/mol. The number of alkyl halides is 1. The fourth-order valence-electron chi connectivity index (χ4n) is 0.0467. The molecule has 0 fully saturated rings. The Morgan fingerprint density at radius 2 is 2.12 bits per heavy atom. The molecule has 0 aliphatic heterocycles. The Morgan fingerprint density at radius 3 is 2.12 bits per heavy atom. The van der Waals surface area contributed by atoms with E-state index in [1.54, 1.807) is 0 Å². The number of ether oxygens (including phenoxy) is 1. The van der Waals surface area contributed by atoms with E-state index in [1.807, 2.05) is 0 Å². The van der Waals surface area contributed by atoms with Crippen molar-refractivity contribution in [2.75, 3.05) is 6.86 Å².